The van der Waals surface area contributed by atoms with Gasteiger partial charge in [-0.2, -0.15) is 0 Å². The Morgan fingerprint density at radius 2 is 1.83 bits per heavy atom. The van der Waals surface area contributed by atoms with Gasteiger partial charge < -0.3 is 4.74 Å². The molecule has 1 aliphatic rings. The molecular weight excluding hydrogens is 306 g/mol. The van der Waals surface area contributed by atoms with Gasteiger partial charge in [0, 0.05) is 44.6 Å². The third-order valence-electron chi connectivity index (χ3n) is 4.17. The van der Waals surface area contributed by atoms with Crippen LogP contribution < -0.4 is 4.74 Å². The maximum absolute atomic E-state index is 5.78. The summed E-state index contributed by atoms with van der Waals surface area (Å²) in [7, 11) is 0. The number of aromatic nitrogens is 1. The lowest BCUT2D eigenvalue weighted by atomic mass is 10.3. The van der Waals surface area contributed by atoms with Crippen LogP contribution in [-0.4, -0.2) is 54.1 Å². The minimum Gasteiger partial charge on any atom is -0.492 e. The molecule has 0 unspecified atom stereocenters. The number of ether oxygens (including phenoxy) is 1. The first-order chi connectivity index (χ1) is 11.3. The standard InChI is InChI=1S/C18H25N3OS/c1-2-18-19-16(15-23-18)14-21-10-8-20(9-11-21)12-13-22-17-6-4-3-5-7-17/h3-7,15H,2,8-14H2,1H3. The average molecular weight is 331 g/mol. The average Bonchev–Trinajstić information content (AvgIpc) is 3.05. The maximum atomic E-state index is 5.78. The molecule has 0 amide bonds. The number of hydrogen-bond acceptors (Lipinski definition) is 5. The molecule has 1 aromatic carbocycles. The normalized spacial score (nSPS) is 16.6. The topological polar surface area (TPSA) is 28.6 Å². The number of para-hydroxylation sites is 1. The van der Waals surface area contributed by atoms with Crippen molar-refractivity contribution in [2.75, 3.05) is 39.3 Å². The number of hydrogen-bond donors (Lipinski definition) is 0. The van der Waals surface area contributed by atoms with E-state index in [0.717, 1.165) is 58.0 Å². The Hall–Kier alpha value is -1.43. The second kappa shape index (κ2) is 8.43. The number of rotatable bonds is 7. The van der Waals surface area contributed by atoms with Crippen molar-refractivity contribution in [3.05, 3.63) is 46.4 Å². The van der Waals surface area contributed by atoms with E-state index in [9.17, 15) is 0 Å². The highest BCUT2D eigenvalue weighted by atomic mass is 32.1. The molecule has 2 aromatic rings. The summed E-state index contributed by atoms with van der Waals surface area (Å²) in [5.41, 5.74) is 1.23. The third kappa shape index (κ3) is 5.03. The van der Waals surface area contributed by atoms with Crippen LogP contribution in [0.3, 0.4) is 0 Å². The fourth-order valence-corrected chi connectivity index (χ4v) is 3.53. The van der Waals surface area contributed by atoms with Gasteiger partial charge in [0.25, 0.3) is 0 Å². The van der Waals surface area contributed by atoms with Gasteiger partial charge in [0.15, 0.2) is 0 Å². The van der Waals surface area contributed by atoms with Crippen molar-refractivity contribution in [2.45, 2.75) is 19.9 Å². The zero-order valence-corrected chi connectivity index (χ0v) is 14.6. The van der Waals surface area contributed by atoms with Gasteiger partial charge in [-0.05, 0) is 18.6 Å². The number of aryl methyl sites for hydroxylation is 1. The van der Waals surface area contributed by atoms with E-state index in [0.29, 0.717) is 0 Å². The van der Waals surface area contributed by atoms with Crippen LogP contribution in [0.4, 0.5) is 0 Å². The van der Waals surface area contributed by atoms with Gasteiger partial charge in [0.05, 0.1) is 10.7 Å². The smallest absolute Gasteiger partial charge is 0.119 e. The lowest BCUT2D eigenvalue weighted by Crippen LogP contribution is -2.47. The predicted molar refractivity (Wildman–Crippen MR) is 95.1 cm³/mol. The SMILES string of the molecule is CCc1nc(CN2CCN(CCOc3ccccc3)CC2)cs1. The van der Waals surface area contributed by atoms with Crippen LogP contribution in [0.5, 0.6) is 5.75 Å². The molecule has 5 heteroatoms. The van der Waals surface area contributed by atoms with Crippen molar-refractivity contribution in [2.24, 2.45) is 0 Å². The first-order valence-electron chi connectivity index (χ1n) is 8.39. The summed E-state index contributed by atoms with van der Waals surface area (Å²) >= 11 is 1.78. The van der Waals surface area contributed by atoms with Crippen molar-refractivity contribution in [3.8, 4) is 5.75 Å². The van der Waals surface area contributed by atoms with Crippen LogP contribution in [0, 0.1) is 0 Å². The number of nitrogens with zero attached hydrogens (tertiary/aromatic N) is 3. The summed E-state index contributed by atoms with van der Waals surface area (Å²) in [5, 5.41) is 3.45. The first-order valence-corrected chi connectivity index (χ1v) is 9.27. The van der Waals surface area contributed by atoms with E-state index >= 15 is 0 Å². The van der Waals surface area contributed by atoms with Crippen molar-refractivity contribution in [1.29, 1.82) is 0 Å². The van der Waals surface area contributed by atoms with Crippen LogP contribution in [0.25, 0.3) is 0 Å². The lowest BCUT2D eigenvalue weighted by molar-refractivity contribution is 0.112. The van der Waals surface area contributed by atoms with E-state index in [1.807, 2.05) is 30.3 Å². The summed E-state index contributed by atoms with van der Waals surface area (Å²) < 4.78 is 5.78. The largest absolute Gasteiger partial charge is 0.492 e. The van der Waals surface area contributed by atoms with Gasteiger partial charge in [0.2, 0.25) is 0 Å². The van der Waals surface area contributed by atoms with Crippen LogP contribution >= 0.6 is 11.3 Å². The molecule has 1 fully saturated rings. The van der Waals surface area contributed by atoms with Gasteiger partial charge >= 0.3 is 0 Å². The number of benzene rings is 1. The highest BCUT2D eigenvalue weighted by molar-refractivity contribution is 7.09. The molecule has 1 aromatic heterocycles. The summed E-state index contributed by atoms with van der Waals surface area (Å²) in [6.45, 7) is 9.37. The summed E-state index contributed by atoms with van der Waals surface area (Å²) in [6.07, 6.45) is 1.04. The third-order valence-corrected chi connectivity index (χ3v) is 5.21. The van der Waals surface area contributed by atoms with E-state index in [1.165, 1.54) is 10.7 Å². The molecule has 0 radical (unpaired) electrons. The quantitative estimate of drug-likeness (QED) is 0.780. The van der Waals surface area contributed by atoms with Crippen LogP contribution in [0.15, 0.2) is 35.7 Å². The Balaban J connectivity index is 1.35. The van der Waals surface area contributed by atoms with E-state index < -0.39 is 0 Å². The van der Waals surface area contributed by atoms with Crippen molar-refractivity contribution >= 4 is 11.3 Å². The Labute approximate surface area is 142 Å². The fraction of sp³-hybridized carbons (Fsp3) is 0.500. The van der Waals surface area contributed by atoms with Crippen molar-refractivity contribution in [3.63, 3.8) is 0 Å². The van der Waals surface area contributed by atoms with Gasteiger partial charge in [-0.1, -0.05) is 25.1 Å². The lowest BCUT2D eigenvalue weighted by Gasteiger charge is -2.34. The number of piperazine rings is 1. The second-order valence-electron chi connectivity index (χ2n) is 5.87. The molecule has 124 valence electrons. The summed E-state index contributed by atoms with van der Waals surface area (Å²) in [4.78, 5) is 9.66. The Morgan fingerprint density at radius 3 is 2.52 bits per heavy atom. The molecule has 3 rings (SSSR count). The van der Waals surface area contributed by atoms with Crippen molar-refractivity contribution < 1.29 is 4.74 Å². The van der Waals surface area contributed by atoms with E-state index in [4.69, 9.17) is 4.74 Å². The van der Waals surface area contributed by atoms with Gasteiger partial charge in [-0.3, -0.25) is 9.80 Å². The zero-order valence-electron chi connectivity index (χ0n) is 13.8. The molecule has 0 spiro atoms. The highest BCUT2D eigenvalue weighted by Gasteiger charge is 2.17. The summed E-state index contributed by atoms with van der Waals surface area (Å²) in [5.74, 6) is 0.960. The Morgan fingerprint density at radius 1 is 1.09 bits per heavy atom. The molecule has 0 atom stereocenters. The minimum absolute atomic E-state index is 0.760. The van der Waals surface area contributed by atoms with E-state index in [1.54, 1.807) is 11.3 Å². The molecular formula is C18H25N3OS. The molecule has 0 saturated carbocycles. The number of thiazole rings is 1. The predicted octanol–water partition coefficient (Wildman–Crippen LogP) is 2.90. The molecule has 0 aliphatic carbocycles. The Kier molecular flexibility index (Phi) is 6.02. The molecule has 4 nitrogen and oxygen atoms in total. The van der Waals surface area contributed by atoms with Gasteiger partial charge in [0.1, 0.15) is 12.4 Å². The molecule has 2 heterocycles. The van der Waals surface area contributed by atoms with Gasteiger partial charge in [-0.15, -0.1) is 11.3 Å². The zero-order chi connectivity index (χ0) is 15.9. The van der Waals surface area contributed by atoms with Crippen LogP contribution in [0.1, 0.15) is 17.6 Å². The first kappa shape index (κ1) is 16.4. The fourth-order valence-electron chi connectivity index (χ4n) is 2.79. The summed E-state index contributed by atoms with van der Waals surface area (Å²) in [6, 6.07) is 10.1. The maximum Gasteiger partial charge on any atom is 0.119 e. The molecule has 0 N–H and O–H groups in total. The van der Waals surface area contributed by atoms with Gasteiger partial charge in [-0.25, -0.2) is 4.98 Å². The second-order valence-corrected chi connectivity index (χ2v) is 6.81. The minimum atomic E-state index is 0.760. The molecule has 23 heavy (non-hydrogen) atoms. The van der Waals surface area contributed by atoms with Crippen LogP contribution in [-0.2, 0) is 13.0 Å². The molecule has 1 aliphatic heterocycles. The van der Waals surface area contributed by atoms with E-state index in [2.05, 4.69) is 27.1 Å². The van der Waals surface area contributed by atoms with E-state index in [-0.39, 0.29) is 0 Å². The van der Waals surface area contributed by atoms with Crippen LogP contribution in [0.2, 0.25) is 0 Å². The molecule has 0 bridgehead atoms. The Bertz CT molecular complexity index is 579. The highest BCUT2D eigenvalue weighted by Crippen LogP contribution is 2.14. The monoisotopic (exact) mass is 331 g/mol. The molecule has 1 saturated heterocycles. The van der Waals surface area contributed by atoms with Crippen molar-refractivity contribution in [1.82, 2.24) is 14.8 Å².